The van der Waals surface area contributed by atoms with Crippen molar-refractivity contribution in [2.45, 2.75) is 31.7 Å². The maximum Gasteiger partial charge on any atom is 0.252 e. The second-order valence-electron chi connectivity index (χ2n) is 11.2. The molecule has 11 heteroatoms. The minimum atomic E-state index is -0.499. The molecule has 1 saturated carbocycles. The van der Waals surface area contributed by atoms with Crippen LogP contribution in [0.1, 0.15) is 42.4 Å². The molecule has 3 aliphatic rings. The summed E-state index contributed by atoms with van der Waals surface area (Å²) in [5.41, 5.74) is 6.96. The van der Waals surface area contributed by atoms with Crippen molar-refractivity contribution in [1.29, 1.82) is 0 Å². The molecule has 8 rings (SSSR count). The minimum Gasteiger partial charge on any atom is -0.359 e. The van der Waals surface area contributed by atoms with Gasteiger partial charge < -0.3 is 14.9 Å². The molecule has 0 spiro atoms. The van der Waals surface area contributed by atoms with Gasteiger partial charge in [-0.25, -0.2) is 4.98 Å². The molecule has 2 N–H and O–H groups in total. The van der Waals surface area contributed by atoms with Crippen molar-refractivity contribution >= 4 is 17.3 Å². The molecular weight excluding hydrogens is 543 g/mol. The lowest BCUT2D eigenvalue weighted by molar-refractivity contribution is 0.504. The molecule has 4 unspecified atom stereocenters. The third-order valence-corrected chi connectivity index (χ3v) is 8.85. The van der Waals surface area contributed by atoms with Crippen LogP contribution in [0.2, 0.25) is 5.02 Å². The Morgan fingerprint density at radius 2 is 2.00 bits per heavy atom. The summed E-state index contributed by atoms with van der Waals surface area (Å²) in [6, 6.07) is 14.4. The zero-order valence-corrected chi connectivity index (χ0v) is 22.7. The summed E-state index contributed by atoms with van der Waals surface area (Å²) in [4.78, 5) is 21.3. The minimum absolute atomic E-state index is 0.175. The lowest BCUT2D eigenvalue weighted by Gasteiger charge is -2.26. The number of imidazole rings is 1. The standard InChI is InChI=1S/C30H24ClFN8O/c1-14-7-18-8-16(3-5-23(18)34-15(14)2)27-29(32)36-30(35-27)28-22-12-21(22)25-9-17(10-26(41)40(25)28)20-11-19(31)4-6-24(20)39-13-33-37-38-39/h3-6,8-11,13-14,21-22,28,34H,2,7,12H2,1H3,(H,35,36). The summed E-state index contributed by atoms with van der Waals surface area (Å²) in [7, 11) is 0. The smallest absolute Gasteiger partial charge is 0.252 e. The van der Waals surface area contributed by atoms with E-state index in [1.54, 1.807) is 27.4 Å². The van der Waals surface area contributed by atoms with Crippen molar-refractivity contribution in [2.24, 2.45) is 11.8 Å². The Bertz CT molecular complexity index is 1940. The molecule has 3 aromatic heterocycles. The number of hydrogen-bond acceptors (Lipinski definition) is 6. The van der Waals surface area contributed by atoms with Crippen LogP contribution in [0, 0.1) is 17.8 Å². The molecule has 5 aromatic rings. The van der Waals surface area contributed by atoms with Crippen LogP contribution in [0.4, 0.5) is 10.1 Å². The lowest BCUT2D eigenvalue weighted by Crippen LogP contribution is -2.26. The summed E-state index contributed by atoms with van der Waals surface area (Å²) >= 11 is 6.35. The third-order valence-electron chi connectivity index (χ3n) is 8.62. The number of aromatic amines is 1. The molecule has 4 atom stereocenters. The summed E-state index contributed by atoms with van der Waals surface area (Å²) in [6.45, 7) is 6.20. The predicted molar refractivity (Wildman–Crippen MR) is 152 cm³/mol. The lowest BCUT2D eigenvalue weighted by atomic mass is 9.91. The third kappa shape index (κ3) is 3.77. The van der Waals surface area contributed by atoms with E-state index in [9.17, 15) is 4.79 Å². The molecule has 1 aliphatic carbocycles. The van der Waals surface area contributed by atoms with Crippen molar-refractivity contribution < 1.29 is 4.39 Å². The number of tetrazole rings is 1. The number of allylic oxidation sites excluding steroid dienone is 1. The van der Waals surface area contributed by atoms with Gasteiger partial charge in [0.25, 0.3) is 5.56 Å². The summed E-state index contributed by atoms with van der Waals surface area (Å²) in [6.07, 6.45) is 3.24. The highest BCUT2D eigenvalue weighted by Gasteiger charge is 2.54. The number of pyridine rings is 1. The number of hydrogen-bond donors (Lipinski definition) is 2. The average molecular weight is 567 g/mol. The fourth-order valence-corrected chi connectivity index (χ4v) is 6.62. The monoisotopic (exact) mass is 566 g/mol. The highest BCUT2D eigenvalue weighted by atomic mass is 35.5. The zero-order chi connectivity index (χ0) is 28.0. The second kappa shape index (κ2) is 8.71. The number of benzene rings is 2. The van der Waals surface area contributed by atoms with E-state index in [-0.39, 0.29) is 35.0 Å². The van der Waals surface area contributed by atoms with Gasteiger partial charge in [-0.15, -0.1) is 5.10 Å². The number of anilines is 1. The van der Waals surface area contributed by atoms with Gasteiger partial charge in [-0.2, -0.15) is 9.07 Å². The Balaban J connectivity index is 1.18. The molecule has 204 valence electrons. The number of fused-ring (bicyclic) bond motifs is 4. The van der Waals surface area contributed by atoms with Gasteiger partial charge >= 0.3 is 0 Å². The topological polar surface area (TPSA) is 106 Å². The summed E-state index contributed by atoms with van der Waals surface area (Å²) < 4.78 is 18.7. The van der Waals surface area contributed by atoms with Gasteiger partial charge in [0.1, 0.15) is 17.8 Å². The first-order chi connectivity index (χ1) is 19.9. The first-order valence-electron chi connectivity index (χ1n) is 13.5. The van der Waals surface area contributed by atoms with Gasteiger partial charge in [0, 0.05) is 45.2 Å². The van der Waals surface area contributed by atoms with Gasteiger partial charge in [-0.1, -0.05) is 31.2 Å². The van der Waals surface area contributed by atoms with Crippen molar-refractivity contribution in [3.05, 3.63) is 106 Å². The van der Waals surface area contributed by atoms with Crippen LogP contribution in [0.15, 0.2) is 71.9 Å². The maximum absolute atomic E-state index is 15.4. The van der Waals surface area contributed by atoms with E-state index in [0.717, 1.165) is 46.6 Å². The number of nitrogens with one attached hydrogen (secondary N) is 2. The molecule has 5 heterocycles. The first-order valence-corrected chi connectivity index (χ1v) is 13.9. The second-order valence-corrected chi connectivity index (χ2v) is 11.6. The van der Waals surface area contributed by atoms with Crippen LogP contribution in [0.5, 0.6) is 0 Å². The van der Waals surface area contributed by atoms with E-state index in [4.69, 9.17) is 16.6 Å². The fourth-order valence-electron chi connectivity index (χ4n) is 6.45. The SMILES string of the molecule is C=C1Nc2ccc(-c3nc(C4C5CC5c5cc(-c6cc(Cl)ccc6-n6cnnn6)cc(=O)n54)[nH]c3F)cc2CC1C. The zero-order valence-electron chi connectivity index (χ0n) is 22.0. The fraction of sp³-hybridized carbons (Fsp3) is 0.233. The molecule has 41 heavy (non-hydrogen) atoms. The van der Waals surface area contributed by atoms with E-state index in [0.29, 0.717) is 22.1 Å². The van der Waals surface area contributed by atoms with Crippen LogP contribution in [0.3, 0.4) is 0 Å². The number of nitrogens with zero attached hydrogens (tertiary/aromatic N) is 6. The number of halogens is 2. The van der Waals surface area contributed by atoms with Gasteiger partial charge in [0.2, 0.25) is 5.95 Å². The number of H-pyrrole nitrogens is 1. The van der Waals surface area contributed by atoms with Gasteiger partial charge in [0.05, 0.1) is 11.7 Å². The molecule has 0 saturated heterocycles. The molecule has 0 radical (unpaired) electrons. The number of rotatable bonds is 4. The van der Waals surface area contributed by atoms with Crippen molar-refractivity contribution in [3.8, 4) is 28.1 Å². The average Bonchev–Trinajstić information content (AvgIpc) is 3.25. The van der Waals surface area contributed by atoms with Crippen molar-refractivity contribution in [3.63, 3.8) is 0 Å². The Kier molecular flexibility index (Phi) is 5.15. The van der Waals surface area contributed by atoms with Crippen molar-refractivity contribution in [1.82, 2.24) is 34.7 Å². The van der Waals surface area contributed by atoms with E-state index in [1.165, 1.54) is 6.33 Å². The Morgan fingerprint density at radius 3 is 2.83 bits per heavy atom. The molecule has 2 aliphatic heterocycles. The van der Waals surface area contributed by atoms with Gasteiger partial charge in [0.15, 0.2) is 0 Å². The molecule has 9 nitrogen and oxygen atoms in total. The maximum atomic E-state index is 15.4. The molecule has 0 amide bonds. The van der Waals surface area contributed by atoms with Crippen LogP contribution >= 0.6 is 11.6 Å². The van der Waals surface area contributed by atoms with E-state index in [2.05, 4.69) is 39.3 Å². The van der Waals surface area contributed by atoms with Crippen LogP contribution in [0.25, 0.3) is 28.1 Å². The largest absolute Gasteiger partial charge is 0.359 e. The number of aromatic nitrogens is 7. The highest BCUT2D eigenvalue weighted by molar-refractivity contribution is 6.31. The van der Waals surface area contributed by atoms with Gasteiger partial charge in [-0.3, -0.25) is 4.79 Å². The van der Waals surface area contributed by atoms with E-state index in [1.807, 2.05) is 30.3 Å². The van der Waals surface area contributed by atoms with E-state index < -0.39 is 5.95 Å². The quantitative estimate of drug-likeness (QED) is 0.298. The van der Waals surface area contributed by atoms with Crippen LogP contribution in [-0.4, -0.2) is 34.7 Å². The van der Waals surface area contributed by atoms with Crippen molar-refractivity contribution in [2.75, 3.05) is 5.32 Å². The normalized spacial score (nSPS) is 22.2. The van der Waals surface area contributed by atoms with Gasteiger partial charge in [-0.05, 0) is 82.6 Å². The predicted octanol–water partition coefficient (Wildman–Crippen LogP) is 5.50. The molecular formula is C30H24ClFN8O. The Hall–Kier alpha value is -4.57. The molecule has 1 fully saturated rings. The van der Waals surface area contributed by atoms with Crippen LogP contribution < -0.4 is 10.9 Å². The Morgan fingerprint density at radius 1 is 1.12 bits per heavy atom. The first kappa shape index (κ1) is 24.2. The summed E-state index contributed by atoms with van der Waals surface area (Å²) in [5.74, 6) is 0.625. The van der Waals surface area contributed by atoms with E-state index >= 15 is 4.39 Å². The summed E-state index contributed by atoms with van der Waals surface area (Å²) in [5, 5.41) is 15.4. The highest BCUT2D eigenvalue weighted by Crippen LogP contribution is 2.60. The van der Waals surface area contributed by atoms with Crippen LogP contribution in [-0.2, 0) is 6.42 Å². The molecule has 2 aromatic carbocycles. The molecule has 0 bridgehead atoms. The Labute approximate surface area is 238 Å².